The van der Waals surface area contributed by atoms with E-state index in [1.54, 1.807) is 0 Å². The molecule has 30 heavy (non-hydrogen) atoms. The van der Waals surface area contributed by atoms with Gasteiger partial charge in [-0.2, -0.15) is 0 Å². The lowest BCUT2D eigenvalue weighted by Gasteiger charge is -2.57. The minimum absolute atomic E-state index is 0.107. The van der Waals surface area contributed by atoms with Crippen LogP contribution in [0.4, 0.5) is 0 Å². The maximum Gasteiger partial charge on any atom is 0.159 e. The summed E-state index contributed by atoms with van der Waals surface area (Å²) < 4.78 is 0. The molecule has 0 amide bonds. The molecular formula is C27H42O3. The zero-order valence-corrected chi connectivity index (χ0v) is 19.7. The summed E-state index contributed by atoms with van der Waals surface area (Å²) in [6.07, 6.45) is 14.2. The standard InChI is InChI=1S/C27H42O3/c1-17(7-6-12-25(2,3)30)20-8-9-21-24-22(11-14-27(20,21)5)26(4)13-10-19(28)15-18(26)16-23(24)29/h6-7,16-17,19-22,24,28,30H,8-15H2,1-5H3/b7-6+/t17-,19+,20-,21+,22+,24+,26+,27-/m1/s1. The first-order valence-electron chi connectivity index (χ1n) is 12.3. The van der Waals surface area contributed by atoms with Crippen molar-refractivity contribution in [3.63, 3.8) is 0 Å². The third kappa shape index (κ3) is 3.64. The lowest BCUT2D eigenvalue weighted by atomic mass is 9.46. The first kappa shape index (κ1) is 22.3. The number of hydrogen-bond donors (Lipinski definition) is 2. The van der Waals surface area contributed by atoms with Crippen LogP contribution in [0, 0.1) is 40.4 Å². The quantitative estimate of drug-likeness (QED) is 0.601. The van der Waals surface area contributed by atoms with E-state index in [0.29, 0.717) is 42.3 Å². The number of hydrogen-bond acceptors (Lipinski definition) is 3. The summed E-state index contributed by atoms with van der Waals surface area (Å²) in [5.41, 5.74) is 0.909. The number of fused-ring (bicyclic) bond motifs is 5. The molecule has 3 nitrogen and oxygen atoms in total. The van der Waals surface area contributed by atoms with Gasteiger partial charge in [-0.3, -0.25) is 4.79 Å². The molecule has 168 valence electrons. The summed E-state index contributed by atoms with van der Waals surface area (Å²) >= 11 is 0. The fourth-order valence-corrected chi connectivity index (χ4v) is 7.99. The number of aliphatic hydroxyl groups is 2. The van der Waals surface area contributed by atoms with Crippen LogP contribution < -0.4 is 0 Å². The topological polar surface area (TPSA) is 57.5 Å². The number of allylic oxidation sites excluding steroid dienone is 2. The third-order valence-electron chi connectivity index (χ3n) is 9.68. The normalized spacial score (nSPS) is 45.0. The van der Waals surface area contributed by atoms with Crippen molar-refractivity contribution in [3.05, 3.63) is 23.8 Å². The molecule has 3 saturated carbocycles. The second-order valence-corrected chi connectivity index (χ2v) is 12.2. The van der Waals surface area contributed by atoms with E-state index >= 15 is 0 Å². The Morgan fingerprint density at radius 2 is 1.90 bits per heavy atom. The summed E-state index contributed by atoms with van der Waals surface area (Å²) in [6, 6.07) is 0. The Hall–Kier alpha value is -0.930. The van der Waals surface area contributed by atoms with Crippen molar-refractivity contribution in [1.82, 2.24) is 0 Å². The van der Waals surface area contributed by atoms with E-state index in [4.69, 9.17) is 0 Å². The summed E-state index contributed by atoms with van der Waals surface area (Å²) in [5, 5.41) is 20.2. The third-order valence-corrected chi connectivity index (χ3v) is 9.68. The molecule has 0 spiro atoms. The van der Waals surface area contributed by atoms with Gasteiger partial charge in [0.25, 0.3) is 0 Å². The summed E-state index contributed by atoms with van der Waals surface area (Å²) in [5.74, 6) is 2.55. The Morgan fingerprint density at radius 1 is 1.17 bits per heavy atom. The molecule has 0 unspecified atom stereocenters. The monoisotopic (exact) mass is 414 g/mol. The molecule has 2 N–H and O–H groups in total. The predicted octanol–water partition coefficient (Wildman–Crippen LogP) is 5.46. The molecule has 3 fully saturated rings. The first-order chi connectivity index (χ1) is 14.0. The van der Waals surface area contributed by atoms with Gasteiger partial charge >= 0.3 is 0 Å². The number of carbonyl (C=O) groups is 1. The number of aliphatic hydroxyl groups excluding tert-OH is 1. The molecule has 0 aromatic carbocycles. The zero-order chi connectivity index (χ0) is 21.9. The molecule has 4 rings (SSSR count). The van der Waals surface area contributed by atoms with E-state index in [9.17, 15) is 15.0 Å². The van der Waals surface area contributed by atoms with Crippen LogP contribution in [-0.2, 0) is 4.79 Å². The second-order valence-electron chi connectivity index (χ2n) is 12.2. The van der Waals surface area contributed by atoms with Gasteiger partial charge in [0.1, 0.15) is 0 Å². The zero-order valence-electron chi connectivity index (χ0n) is 19.7. The summed E-state index contributed by atoms with van der Waals surface area (Å²) in [4.78, 5) is 13.4. The van der Waals surface area contributed by atoms with Crippen molar-refractivity contribution in [1.29, 1.82) is 0 Å². The minimum Gasteiger partial charge on any atom is -0.393 e. The van der Waals surface area contributed by atoms with Crippen molar-refractivity contribution in [2.45, 2.75) is 97.7 Å². The SMILES string of the molecule is C[C@H](/C=C/CC(C)(C)O)[C@H]1CC[C@H]2[C@@H]3C(=O)C=C4C[C@@H](O)CC[C@]4(C)[C@H]3CC[C@]12C. The molecule has 0 bridgehead atoms. The van der Waals surface area contributed by atoms with Crippen molar-refractivity contribution >= 4 is 5.78 Å². The lowest BCUT2D eigenvalue weighted by Crippen LogP contribution is -2.53. The highest BCUT2D eigenvalue weighted by atomic mass is 16.3. The fraction of sp³-hybridized carbons (Fsp3) is 0.815. The summed E-state index contributed by atoms with van der Waals surface area (Å²) in [6.45, 7) is 10.9. The Morgan fingerprint density at radius 3 is 2.60 bits per heavy atom. The van der Waals surface area contributed by atoms with E-state index in [2.05, 4.69) is 32.9 Å². The highest BCUT2D eigenvalue weighted by molar-refractivity contribution is 5.94. The van der Waals surface area contributed by atoms with Gasteiger partial charge < -0.3 is 10.2 Å². The molecule has 0 aromatic rings. The van der Waals surface area contributed by atoms with Crippen molar-refractivity contribution < 1.29 is 15.0 Å². The molecule has 8 atom stereocenters. The van der Waals surface area contributed by atoms with Gasteiger partial charge in [0.2, 0.25) is 0 Å². The lowest BCUT2D eigenvalue weighted by molar-refractivity contribution is -0.134. The van der Waals surface area contributed by atoms with Crippen LogP contribution in [0.3, 0.4) is 0 Å². The van der Waals surface area contributed by atoms with Crippen LogP contribution >= 0.6 is 0 Å². The minimum atomic E-state index is -0.655. The largest absolute Gasteiger partial charge is 0.393 e. The van der Waals surface area contributed by atoms with Crippen molar-refractivity contribution in [2.24, 2.45) is 40.4 Å². The molecule has 0 radical (unpaired) electrons. The van der Waals surface area contributed by atoms with Crippen molar-refractivity contribution in [2.75, 3.05) is 0 Å². The van der Waals surface area contributed by atoms with Crippen molar-refractivity contribution in [3.8, 4) is 0 Å². The Kier molecular flexibility index (Phi) is 5.63. The van der Waals surface area contributed by atoms with E-state index in [1.807, 2.05) is 19.9 Å². The van der Waals surface area contributed by atoms with Gasteiger partial charge in [-0.25, -0.2) is 0 Å². The van der Waals surface area contributed by atoms with Gasteiger partial charge in [-0.15, -0.1) is 0 Å². The van der Waals surface area contributed by atoms with Crippen LogP contribution in [0.25, 0.3) is 0 Å². The molecule has 0 saturated heterocycles. The first-order valence-corrected chi connectivity index (χ1v) is 12.3. The maximum atomic E-state index is 13.4. The van der Waals surface area contributed by atoms with Crippen LogP contribution in [0.5, 0.6) is 0 Å². The molecule has 0 aromatic heterocycles. The second kappa shape index (κ2) is 7.59. The predicted molar refractivity (Wildman–Crippen MR) is 121 cm³/mol. The van der Waals surface area contributed by atoms with Crippen LogP contribution in [0.15, 0.2) is 23.8 Å². The smallest absolute Gasteiger partial charge is 0.159 e. The highest BCUT2D eigenvalue weighted by Gasteiger charge is 2.61. The Balaban J connectivity index is 1.57. The van der Waals surface area contributed by atoms with Gasteiger partial charge in [0, 0.05) is 5.92 Å². The average molecular weight is 415 g/mol. The Bertz CT molecular complexity index is 744. The van der Waals surface area contributed by atoms with E-state index < -0.39 is 5.60 Å². The Labute approximate surface area is 183 Å². The van der Waals surface area contributed by atoms with Gasteiger partial charge in [0.15, 0.2) is 5.78 Å². The number of carbonyl (C=O) groups excluding carboxylic acids is 1. The molecule has 4 aliphatic rings. The molecular weight excluding hydrogens is 372 g/mol. The van der Waals surface area contributed by atoms with Gasteiger partial charge in [-0.05, 0) is 106 Å². The number of rotatable bonds is 4. The average Bonchev–Trinajstić information content (AvgIpc) is 2.99. The molecule has 0 aliphatic heterocycles. The van der Waals surface area contributed by atoms with E-state index in [-0.39, 0.29) is 22.9 Å². The van der Waals surface area contributed by atoms with Gasteiger partial charge in [-0.1, -0.05) is 38.5 Å². The van der Waals surface area contributed by atoms with Gasteiger partial charge in [0.05, 0.1) is 11.7 Å². The molecule has 4 aliphatic carbocycles. The summed E-state index contributed by atoms with van der Waals surface area (Å²) in [7, 11) is 0. The van der Waals surface area contributed by atoms with E-state index in [0.717, 1.165) is 19.3 Å². The maximum absolute atomic E-state index is 13.4. The fourth-order valence-electron chi connectivity index (χ4n) is 7.99. The van der Waals surface area contributed by atoms with Crippen LogP contribution in [0.2, 0.25) is 0 Å². The van der Waals surface area contributed by atoms with Crippen LogP contribution in [0.1, 0.15) is 86.0 Å². The number of ketones is 1. The van der Waals surface area contributed by atoms with E-state index in [1.165, 1.54) is 24.8 Å². The van der Waals surface area contributed by atoms with Crippen LogP contribution in [-0.4, -0.2) is 27.7 Å². The highest BCUT2D eigenvalue weighted by Crippen LogP contribution is 2.66. The molecule has 0 heterocycles. The molecule has 3 heteroatoms.